The van der Waals surface area contributed by atoms with Gasteiger partial charge in [0.25, 0.3) is 0 Å². The van der Waals surface area contributed by atoms with Crippen molar-refractivity contribution < 1.29 is 17.9 Å². The lowest BCUT2D eigenvalue weighted by atomic mass is 10.2. The van der Waals surface area contributed by atoms with Crippen LogP contribution in [0.4, 0.5) is 19.0 Å². The fourth-order valence-corrected chi connectivity index (χ4v) is 1.60. The predicted octanol–water partition coefficient (Wildman–Crippen LogP) is 3.72. The summed E-state index contributed by atoms with van der Waals surface area (Å²) in [4.78, 5) is 4.25. The first kappa shape index (κ1) is 14.2. The lowest BCUT2D eigenvalue weighted by molar-refractivity contribution is -0.137. The van der Waals surface area contributed by atoms with E-state index in [0.29, 0.717) is 17.3 Å². The molecule has 106 valence electrons. The maximum absolute atomic E-state index is 12.4. The minimum Gasteiger partial charge on any atom is -0.487 e. The number of halogens is 3. The number of hydrogen-bond donors (Lipinski definition) is 1. The van der Waals surface area contributed by atoms with Crippen molar-refractivity contribution >= 4 is 5.82 Å². The fourth-order valence-electron chi connectivity index (χ4n) is 1.60. The van der Waals surface area contributed by atoms with Gasteiger partial charge in [-0.15, -0.1) is 0 Å². The molecule has 0 radical (unpaired) electrons. The van der Waals surface area contributed by atoms with Gasteiger partial charge in [-0.25, -0.2) is 4.98 Å². The largest absolute Gasteiger partial charge is 0.487 e. The summed E-state index contributed by atoms with van der Waals surface area (Å²) in [6.07, 6.45) is -4.33. The van der Waals surface area contributed by atoms with Crippen molar-refractivity contribution in [1.82, 2.24) is 4.98 Å². The van der Waals surface area contributed by atoms with Crippen LogP contribution in [-0.2, 0) is 12.8 Å². The monoisotopic (exact) mass is 282 g/mol. The van der Waals surface area contributed by atoms with Crippen LogP contribution in [0.1, 0.15) is 11.3 Å². The molecule has 0 saturated heterocycles. The molecule has 0 bridgehead atoms. The molecule has 1 aromatic carbocycles. The van der Waals surface area contributed by atoms with E-state index < -0.39 is 11.7 Å². The van der Waals surface area contributed by atoms with Crippen molar-refractivity contribution in [2.75, 3.05) is 12.4 Å². The van der Waals surface area contributed by atoms with Gasteiger partial charge in [-0.2, -0.15) is 13.2 Å². The molecule has 0 fully saturated rings. The summed E-state index contributed by atoms with van der Waals surface area (Å²) in [6.45, 7) is 0.195. The van der Waals surface area contributed by atoms with E-state index in [9.17, 15) is 13.2 Å². The number of nitrogens with zero attached hydrogens (tertiary/aromatic N) is 1. The van der Waals surface area contributed by atoms with Crippen LogP contribution in [0.25, 0.3) is 0 Å². The minimum atomic E-state index is -4.33. The van der Waals surface area contributed by atoms with Gasteiger partial charge in [0, 0.05) is 7.05 Å². The average molecular weight is 282 g/mol. The summed E-state index contributed by atoms with van der Waals surface area (Å²) in [6, 6.07) is 9.99. The van der Waals surface area contributed by atoms with Crippen LogP contribution in [0.2, 0.25) is 0 Å². The number of pyridine rings is 1. The molecule has 3 nitrogen and oxygen atoms in total. The Labute approximate surface area is 114 Å². The summed E-state index contributed by atoms with van der Waals surface area (Å²) in [7, 11) is 1.75. The fraction of sp³-hybridized carbons (Fsp3) is 0.214. The van der Waals surface area contributed by atoms with Gasteiger partial charge in [-0.05, 0) is 36.4 Å². The molecule has 1 heterocycles. The number of hydrogen-bond acceptors (Lipinski definition) is 3. The quantitative estimate of drug-likeness (QED) is 0.928. The third-order valence-corrected chi connectivity index (χ3v) is 2.63. The van der Waals surface area contributed by atoms with Gasteiger partial charge in [0.15, 0.2) is 0 Å². The summed E-state index contributed by atoms with van der Waals surface area (Å²) in [5.74, 6) is 1.08. The maximum Gasteiger partial charge on any atom is 0.416 e. The topological polar surface area (TPSA) is 34.1 Å². The van der Waals surface area contributed by atoms with Gasteiger partial charge in [0.05, 0.1) is 11.3 Å². The highest BCUT2D eigenvalue weighted by Gasteiger charge is 2.29. The first-order valence-electron chi connectivity index (χ1n) is 5.93. The molecule has 6 heteroatoms. The molecule has 0 unspecified atom stereocenters. The predicted molar refractivity (Wildman–Crippen MR) is 69.6 cm³/mol. The molecule has 0 atom stereocenters. The highest BCUT2D eigenvalue weighted by molar-refractivity contribution is 5.34. The maximum atomic E-state index is 12.4. The first-order chi connectivity index (χ1) is 9.49. The third kappa shape index (κ3) is 3.63. The Bertz CT molecular complexity index is 567. The number of nitrogens with one attached hydrogen (secondary N) is 1. The molecule has 1 aromatic heterocycles. The van der Waals surface area contributed by atoms with E-state index in [4.69, 9.17) is 4.74 Å². The molecule has 2 aromatic rings. The van der Waals surface area contributed by atoms with E-state index in [1.54, 1.807) is 13.1 Å². The van der Waals surface area contributed by atoms with Crippen LogP contribution in [0.15, 0.2) is 42.5 Å². The van der Waals surface area contributed by atoms with Crippen LogP contribution >= 0.6 is 0 Å². The van der Waals surface area contributed by atoms with Crippen LogP contribution < -0.4 is 10.1 Å². The van der Waals surface area contributed by atoms with Crippen molar-refractivity contribution in [3.05, 3.63) is 53.7 Å². The van der Waals surface area contributed by atoms with Crippen molar-refractivity contribution in [2.24, 2.45) is 0 Å². The summed E-state index contributed by atoms with van der Waals surface area (Å²) in [5, 5.41) is 2.90. The van der Waals surface area contributed by atoms with Crippen molar-refractivity contribution in [1.29, 1.82) is 0 Å². The first-order valence-corrected chi connectivity index (χ1v) is 5.93. The number of ether oxygens (including phenoxy) is 1. The molecule has 0 aliphatic carbocycles. The highest BCUT2D eigenvalue weighted by atomic mass is 19.4. The number of aromatic nitrogens is 1. The molecular weight excluding hydrogens is 269 g/mol. The summed E-state index contributed by atoms with van der Waals surface area (Å²) in [5.41, 5.74) is -0.00287. The SMILES string of the molecule is CNc1cccc(COc2ccc(C(F)(F)F)cc2)n1. The van der Waals surface area contributed by atoms with Gasteiger partial charge in [0.2, 0.25) is 0 Å². The molecule has 0 aliphatic rings. The van der Waals surface area contributed by atoms with Gasteiger partial charge in [-0.3, -0.25) is 0 Å². The van der Waals surface area contributed by atoms with Gasteiger partial charge in [-0.1, -0.05) is 6.07 Å². The van der Waals surface area contributed by atoms with E-state index in [0.717, 1.165) is 12.1 Å². The summed E-state index contributed by atoms with van der Waals surface area (Å²) < 4.78 is 42.6. The number of rotatable bonds is 4. The standard InChI is InChI=1S/C14H13F3N2O/c1-18-13-4-2-3-11(19-13)9-20-12-7-5-10(6-8-12)14(15,16)17/h2-8H,9H2,1H3,(H,18,19). The number of anilines is 1. The Balaban J connectivity index is 2.00. The van der Waals surface area contributed by atoms with Gasteiger partial charge in [0.1, 0.15) is 18.2 Å². The molecule has 20 heavy (non-hydrogen) atoms. The van der Waals surface area contributed by atoms with Crippen LogP contribution in [0, 0.1) is 0 Å². The van der Waals surface area contributed by atoms with E-state index in [2.05, 4.69) is 10.3 Å². The van der Waals surface area contributed by atoms with E-state index >= 15 is 0 Å². The second-order valence-electron chi connectivity index (χ2n) is 4.07. The summed E-state index contributed by atoms with van der Waals surface area (Å²) >= 11 is 0. The molecule has 2 rings (SSSR count). The van der Waals surface area contributed by atoms with Crippen molar-refractivity contribution in [2.45, 2.75) is 12.8 Å². The molecule has 0 saturated carbocycles. The molecular formula is C14H13F3N2O. The van der Waals surface area contributed by atoms with E-state index in [1.807, 2.05) is 12.1 Å². The van der Waals surface area contributed by atoms with E-state index in [1.165, 1.54) is 12.1 Å². The second-order valence-corrected chi connectivity index (χ2v) is 4.07. The molecule has 1 N–H and O–H groups in total. The van der Waals surface area contributed by atoms with Gasteiger partial charge >= 0.3 is 6.18 Å². The zero-order chi connectivity index (χ0) is 14.6. The van der Waals surface area contributed by atoms with E-state index in [-0.39, 0.29) is 6.61 Å². The Morgan fingerprint density at radius 2 is 1.80 bits per heavy atom. The Kier molecular flexibility index (Phi) is 4.12. The smallest absolute Gasteiger partial charge is 0.416 e. The zero-order valence-electron chi connectivity index (χ0n) is 10.7. The van der Waals surface area contributed by atoms with Crippen molar-refractivity contribution in [3.63, 3.8) is 0 Å². The normalized spacial score (nSPS) is 11.2. The number of benzene rings is 1. The Morgan fingerprint density at radius 1 is 1.10 bits per heavy atom. The second kappa shape index (κ2) is 5.81. The van der Waals surface area contributed by atoms with Crippen molar-refractivity contribution in [3.8, 4) is 5.75 Å². The lowest BCUT2D eigenvalue weighted by Crippen LogP contribution is -2.05. The van der Waals surface area contributed by atoms with Crippen LogP contribution in [-0.4, -0.2) is 12.0 Å². The third-order valence-electron chi connectivity index (χ3n) is 2.63. The Hall–Kier alpha value is -2.24. The average Bonchev–Trinajstić information content (AvgIpc) is 2.45. The lowest BCUT2D eigenvalue weighted by Gasteiger charge is -2.09. The van der Waals surface area contributed by atoms with Gasteiger partial charge < -0.3 is 10.1 Å². The molecule has 0 aliphatic heterocycles. The molecule has 0 amide bonds. The highest BCUT2D eigenvalue weighted by Crippen LogP contribution is 2.30. The number of alkyl halides is 3. The minimum absolute atomic E-state index is 0.195. The molecule has 0 spiro atoms. The van der Waals surface area contributed by atoms with Crippen LogP contribution in [0.3, 0.4) is 0 Å². The van der Waals surface area contributed by atoms with Crippen LogP contribution in [0.5, 0.6) is 5.75 Å². The zero-order valence-corrected chi connectivity index (χ0v) is 10.7. The Morgan fingerprint density at radius 3 is 2.40 bits per heavy atom.